The van der Waals surface area contributed by atoms with Crippen molar-refractivity contribution < 1.29 is 0 Å². The van der Waals surface area contributed by atoms with Crippen molar-refractivity contribution in [2.24, 2.45) is 0 Å². The summed E-state index contributed by atoms with van der Waals surface area (Å²) >= 11 is 0. The summed E-state index contributed by atoms with van der Waals surface area (Å²) in [5, 5.41) is 0. The van der Waals surface area contributed by atoms with Crippen LogP contribution in [-0.2, 0) is 6.42 Å². The lowest BCUT2D eigenvalue weighted by atomic mass is 10.2. The average Bonchev–Trinajstić information content (AvgIpc) is 2.17. The Morgan fingerprint density at radius 3 is 2.85 bits per heavy atom. The molecule has 0 aliphatic carbocycles. The first-order chi connectivity index (χ1) is 6.29. The summed E-state index contributed by atoms with van der Waals surface area (Å²) in [5.41, 5.74) is 4.25. The zero-order chi connectivity index (χ0) is 9.26. The number of nitrogens with zero attached hydrogens (tertiary/aromatic N) is 2. The van der Waals surface area contributed by atoms with E-state index < -0.39 is 0 Å². The smallest absolute Gasteiger partial charge is 0.0890 e. The van der Waals surface area contributed by atoms with Gasteiger partial charge in [0.05, 0.1) is 16.7 Å². The van der Waals surface area contributed by atoms with E-state index in [1.165, 1.54) is 5.56 Å². The van der Waals surface area contributed by atoms with Gasteiger partial charge in [-0.15, -0.1) is 0 Å². The van der Waals surface area contributed by atoms with Crippen molar-refractivity contribution >= 4 is 11.0 Å². The molecule has 0 fully saturated rings. The number of fused-ring (bicyclic) bond motifs is 1. The van der Waals surface area contributed by atoms with Crippen LogP contribution in [0.3, 0.4) is 0 Å². The summed E-state index contributed by atoms with van der Waals surface area (Å²) in [4.78, 5) is 8.82. The highest BCUT2D eigenvalue weighted by Crippen LogP contribution is 2.11. The third kappa shape index (κ3) is 1.52. The summed E-state index contributed by atoms with van der Waals surface area (Å²) in [7, 11) is 0. The van der Waals surface area contributed by atoms with E-state index >= 15 is 0 Å². The Hall–Kier alpha value is -1.44. The standard InChI is InChI=1S/C11H12N2/c1-3-9-7-12-11-6-8(2)4-5-10(11)13-9/h4-7H,3H2,1-2H3. The van der Waals surface area contributed by atoms with Gasteiger partial charge >= 0.3 is 0 Å². The van der Waals surface area contributed by atoms with Gasteiger partial charge in [-0.25, -0.2) is 4.98 Å². The van der Waals surface area contributed by atoms with E-state index in [4.69, 9.17) is 0 Å². The first-order valence-corrected chi connectivity index (χ1v) is 4.52. The SMILES string of the molecule is CCc1cnc2cc(C)ccc2n1. The molecule has 2 nitrogen and oxygen atoms in total. The van der Waals surface area contributed by atoms with Crippen LogP contribution in [0.1, 0.15) is 18.2 Å². The first kappa shape index (κ1) is 8.17. The summed E-state index contributed by atoms with van der Waals surface area (Å²) < 4.78 is 0. The van der Waals surface area contributed by atoms with Crippen LogP contribution in [0.5, 0.6) is 0 Å². The lowest BCUT2D eigenvalue weighted by Crippen LogP contribution is -1.90. The Morgan fingerprint density at radius 2 is 2.08 bits per heavy atom. The second-order valence-electron chi connectivity index (χ2n) is 3.21. The number of hydrogen-bond donors (Lipinski definition) is 0. The van der Waals surface area contributed by atoms with Gasteiger partial charge in [-0.2, -0.15) is 0 Å². The number of aromatic nitrogens is 2. The van der Waals surface area contributed by atoms with Crippen molar-refractivity contribution in [2.75, 3.05) is 0 Å². The molecule has 0 amide bonds. The predicted octanol–water partition coefficient (Wildman–Crippen LogP) is 2.50. The highest BCUT2D eigenvalue weighted by molar-refractivity contribution is 5.74. The van der Waals surface area contributed by atoms with Crippen molar-refractivity contribution in [3.05, 3.63) is 35.7 Å². The van der Waals surface area contributed by atoms with Crippen LogP contribution < -0.4 is 0 Å². The molecule has 0 spiro atoms. The van der Waals surface area contributed by atoms with E-state index in [1.54, 1.807) is 0 Å². The number of benzene rings is 1. The number of hydrogen-bond acceptors (Lipinski definition) is 2. The fourth-order valence-electron chi connectivity index (χ4n) is 1.33. The Kier molecular flexibility index (Phi) is 1.97. The van der Waals surface area contributed by atoms with Crippen molar-refractivity contribution in [2.45, 2.75) is 20.3 Å². The zero-order valence-electron chi connectivity index (χ0n) is 7.91. The normalized spacial score (nSPS) is 10.6. The molecule has 2 heteroatoms. The molecule has 0 radical (unpaired) electrons. The maximum atomic E-state index is 4.47. The van der Waals surface area contributed by atoms with Crippen LogP contribution in [-0.4, -0.2) is 9.97 Å². The van der Waals surface area contributed by atoms with Gasteiger partial charge in [0.15, 0.2) is 0 Å². The van der Waals surface area contributed by atoms with Gasteiger partial charge in [-0.3, -0.25) is 4.98 Å². The van der Waals surface area contributed by atoms with Crippen molar-refractivity contribution in [1.29, 1.82) is 0 Å². The van der Waals surface area contributed by atoms with E-state index in [0.29, 0.717) is 0 Å². The largest absolute Gasteiger partial charge is 0.253 e. The summed E-state index contributed by atoms with van der Waals surface area (Å²) in [6.45, 7) is 4.15. The highest BCUT2D eigenvalue weighted by Gasteiger charge is 1.97. The molecule has 0 N–H and O–H groups in total. The Labute approximate surface area is 77.6 Å². The molecule has 0 saturated carbocycles. The van der Waals surface area contributed by atoms with Gasteiger partial charge in [-0.1, -0.05) is 13.0 Å². The molecule has 0 bridgehead atoms. The summed E-state index contributed by atoms with van der Waals surface area (Å²) in [6.07, 6.45) is 2.79. The fraction of sp³-hybridized carbons (Fsp3) is 0.273. The number of aryl methyl sites for hydroxylation is 2. The molecule has 66 valence electrons. The van der Waals surface area contributed by atoms with Gasteiger partial charge < -0.3 is 0 Å². The average molecular weight is 172 g/mol. The minimum Gasteiger partial charge on any atom is -0.253 e. The van der Waals surface area contributed by atoms with Crippen LogP contribution in [0, 0.1) is 6.92 Å². The topological polar surface area (TPSA) is 25.8 Å². The van der Waals surface area contributed by atoms with Crippen LogP contribution in [0.25, 0.3) is 11.0 Å². The molecule has 1 heterocycles. The lowest BCUT2D eigenvalue weighted by Gasteiger charge is -1.99. The predicted molar refractivity (Wildman–Crippen MR) is 53.7 cm³/mol. The molecule has 0 saturated heterocycles. The Morgan fingerprint density at radius 1 is 1.23 bits per heavy atom. The van der Waals surface area contributed by atoms with Crippen molar-refractivity contribution in [3.63, 3.8) is 0 Å². The summed E-state index contributed by atoms with van der Waals surface area (Å²) in [5.74, 6) is 0. The maximum Gasteiger partial charge on any atom is 0.0890 e. The molecule has 2 aromatic rings. The second-order valence-corrected chi connectivity index (χ2v) is 3.21. The molecular formula is C11H12N2. The molecule has 0 unspecified atom stereocenters. The van der Waals surface area contributed by atoms with Crippen molar-refractivity contribution in [3.8, 4) is 0 Å². The molecule has 13 heavy (non-hydrogen) atoms. The van der Waals surface area contributed by atoms with Gasteiger partial charge in [0.2, 0.25) is 0 Å². The fourth-order valence-corrected chi connectivity index (χ4v) is 1.33. The molecular weight excluding hydrogens is 160 g/mol. The van der Waals surface area contributed by atoms with Crippen LogP contribution in [0.15, 0.2) is 24.4 Å². The Balaban J connectivity index is 2.66. The first-order valence-electron chi connectivity index (χ1n) is 4.52. The number of rotatable bonds is 1. The van der Waals surface area contributed by atoms with E-state index in [2.05, 4.69) is 35.9 Å². The van der Waals surface area contributed by atoms with Crippen LogP contribution in [0.4, 0.5) is 0 Å². The zero-order valence-corrected chi connectivity index (χ0v) is 7.91. The van der Waals surface area contributed by atoms with Gasteiger partial charge in [0, 0.05) is 6.20 Å². The van der Waals surface area contributed by atoms with E-state index in [1.807, 2.05) is 12.3 Å². The van der Waals surface area contributed by atoms with E-state index in [-0.39, 0.29) is 0 Å². The minimum absolute atomic E-state index is 0.941. The monoisotopic (exact) mass is 172 g/mol. The lowest BCUT2D eigenvalue weighted by molar-refractivity contribution is 1.03. The van der Waals surface area contributed by atoms with Crippen LogP contribution >= 0.6 is 0 Å². The van der Waals surface area contributed by atoms with Crippen LogP contribution in [0.2, 0.25) is 0 Å². The molecule has 2 rings (SSSR count). The van der Waals surface area contributed by atoms with E-state index in [9.17, 15) is 0 Å². The summed E-state index contributed by atoms with van der Waals surface area (Å²) in [6, 6.07) is 6.15. The van der Waals surface area contributed by atoms with E-state index in [0.717, 1.165) is 23.1 Å². The molecule has 1 aromatic carbocycles. The third-order valence-electron chi connectivity index (χ3n) is 2.11. The molecule has 1 aromatic heterocycles. The maximum absolute atomic E-state index is 4.47. The molecule has 0 aliphatic heterocycles. The highest BCUT2D eigenvalue weighted by atomic mass is 14.8. The van der Waals surface area contributed by atoms with Gasteiger partial charge in [-0.05, 0) is 31.0 Å². The van der Waals surface area contributed by atoms with Gasteiger partial charge in [0.25, 0.3) is 0 Å². The third-order valence-corrected chi connectivity index (χ3v) is 2.11. The van der Waals surface area contributed by atoms with Gasteiger partial charge in [0.1, 0.15) is 0 Å². The molecule has 0 atom stereocenters. The van der Waals surface area contributed by atoms with Crippen molar-refractivity contribution in [1.82, 2.24) is 9.97 Å². The quantitative estimate of drug-likeness (QED) is 0.660. The second kappa shape index (κ2) is 3.13. The Bertz CT molecular complexity index is 435. The minimum atomic E-state index is 0.941. The molecule has 0 aliphatic rings.